The molecule has 0 spiro atoms. The average molecular weight is 552 g/mol. The van der Waals surface area contributed by atoms with Crippen molar-refractivity contribution in [1.82, 2.24) is 15.0 Å². The van der Waals surface area contributed by atoms with E-state index in [0.29, 0.717) is 17.5 Å². The van der Waals surface area contributed by atoms with Crippen LogP contribution in [0.15, 0.2) is 156 Å². The average Bonchev–Trinajstić information content (AvgIpc) is 3.48. The maximum Gasteiger partial charge on any atom is 0.167 e. The van der Waals surface area contributed by atoms with Crippen LogP contribution in [-0.4, -0.2) is 15.0 Å². The van der Waals surface area contributed by atoms with Gasteiger partial charge < -0.3 is 4.42 Å². The van der Waals surface area contributed by atoms with Gasteiger partial charge in [-0.1, -0.05) is 133 Å². The largest absolute Gasteiger partial charge is 0.455 e. The van der Waals surface area contributed by atoms with Gasteiger partial charge in [0.25, 0.3) is 0 Å². The molecule has 4 heteroatoms. The highest BCUT2D eigenvalue weighted by Crippen LogP contribution is 2.37. The van der Waals surface area contributed by atoms with E-state index in [9.17, 15) is 0 Å². The number of furan rings is 1. The summed E-state index contributed by atoms with van der Waals surface area (Å²) in [5.74, 6) is 1.78. The maximum atomic E-state index is 6.40. The number of nitrogens with zero attached hydrogens (tertiary/aromatic N) is 3. The summed E-state index contributed by atoms with van der Waals surface area (Å²) in [6.45, 7) is 0. The Balaban J connectivity index is 1.38. The summed E-state index contributed by atoms with van der Waals surface area (Å²) < 4.78 is 6.40. The molecule has 0 amide bonds. The summed E-state index contributed by atoms with van der Waals surface area (Å²) in [5, 5.41) is 2.10. The molecule has 4 nitrogen and oxygen atoms in total. The van der Waals surface area contributed by atoms with Crippen molar-refractivity contribution >= 4 is 21.9 Å². The molecule has 0 saturated heterocycles. The summed E-state index contributed by atoms with van der Waals surface area (Å²) >= 11 is 0. The van der Waals surface area contributed by atoms with Crippen LogP contribution >= 0.6 is 0 Å². The molecule has 8 rings (SSSR count). The molecular weight excluding hydrogens is 526 g/mol. The fourth-order valence-corrected chi connectivity index (χ4v) is 5.69. The Bertz CT molecular complexity index is 2240. The van der Waals surface area contributed by atoms with Gasteiger partial charge in [-0.25, -0.2) is 15.0 Å². The summed E-state index contributed by atoms with van der Waals surface area (Å²) in [7, 11) is 0. The molecule has 0 aliphatic carbocycles. The molecule has 0 N–H and O–H groups in total. The summed E-state index contributed by atoms with van der Waals surface area (Å²) in [6.07, 6.45) is 0. The Hall–Kier alpha value is -5.87. The Labute approximate surface area is 249 Å². The van der Waals surface area contributed by atoms with E-state index in [1.165, 1.54) is 0 Å². The zero-order chi connectivity index (χ0) is 28.6. The van der Waals surface area contributed by atoms with Gasteiger partial charge in [-0.05, 0) is 40.5 Å². The molecule has 0 aliphatic heterocycles. The highest BCUT2D eigenvalue weighted by Gasteiger charge is 2.19. The van der Waals surface area contributed by atoms with Crippen molar-refractivity contribution in [1.29, 1.82) is 0 Å². The van der Waals surface area contributed by atoms with E-state index in [-0.39, 0.29) is 0 Å². The molecule has 8 aromatic rings. The summed E-state index contributed by atoms with van der Waals surface area (Å²) in [5.41, 5.74) is 8.69. The van der Waals surface area contributed by atoms with Gasteiger partial charge in [-0.3, -0.25) is 0 Å². The van der Waals surface area contributed by atoms with Gasteiger partial charge in [0.2, 0.25) is 0 Å². The third kappa shape index (κ3) is 4.55. The van der Waals surface area contributed by atoms with Gasteiger partial charge in [-0.15, -0.1) is 0 Å². The fraction of sp³-hybridized carbons (Fsp3) is 0. The number of hydrogen-bond donors (Lipinski definition) is 0. The third-order valence-corrected chi connectivity index (χ3v) is 7.76. The van der Waals surface area contributed by atoms with Crippen molar-refractivity contribution in [2.45, 2.75) is 0 Å². The van der Waals surface area contributed by atoms with Crippen molar-refractivity contribution < 1.29 is 4.42 Å². The van der Waals surface area contributed by atoms with Gasteiger partial charge >= 0.3 is 0 Å². The molecule has 6 aromatic carbocycles. The van der Waals surface area contributed by atoms with Crippen molar-refractivity contribution in [2.24, 2.45) is 0 Å². The first-order valence-electron chi connectivity index (χ1n) is 14.3. The number of hydrogen-bond acceptors (Lipinski definition) is 4. The lowest BCUT2D eigenvalue weighted by molar-refractivity contribution is 0.669. The Morgan fingerprint density at radius 1 is 0.349 bits per heavy atom. The molecule has 2 aromatic heterocycles. The number of benzene rings is 6. The molecule has 0 aliphatic rings. The number of para-hydroxylation sites is 2. The zero-order valence-corrected chi connectivity index (χ0v) is 23.2. The van der Waals surface area contributed by atoms with E-state index in [1.54, 1.807) is 0 Å². The predicted octanol–water partition coefficient (Wildman–Crippen LogP) is 10.1. The van der Waals surface area contributed by atoms with E-state index >= 15 is 0 Å². The molecule has 0 radical (unpaired) electrons. The normalized spacial score (nSPS) is 11.3. The summed E-state index contributed by atoms with van der Waals surface area (Å²) in [4.78, 5) is 15.3. The smallest absolute Gasteiger partial charge is 0.167 e. The molecule has 0 saturated carbocycles. The van der Waals surface area contributed by atoms with Crippen molar-refractivity contribution in [3.63, 3.8) is 0 Å². The quantitative estimate of drug-likeness (QED) is 0.214. The lowest BCUT2D eigenvalue weighted by Crippen LogP contribution is -2.01. The second kappa shape index (κ2) is 10.5. The minimum atomic E-state index is 0.567. The second-order valence-electron chi connectivity index (χ2n) is 10.4. The van der Waals surface area contributed by atoms with E-state index in [4.69, 9.17) is 19.4 Å². The van der Waals surface area contributed by atoms with Gasteiger partial charge in [0.15, 0.2) is 17.5 Å². The topological polar surface area (TPSA) is 51.8 Å². The van der Waals surface area contributed by atoms with Gasteiger partial charge in [0.1, 0.15) is 11.2 Å². The third-order valence-electron chi connectivity index (χ3n) is 7.76. The number of fused-ring (bicyclic) bond motifs is 3. The number of rotatable bonds is 5. The molecular formula is C39H25N3O. The lowest BCUT2D eigenvalue weighted by atomic mass is 9.99. The monoisotopic (exact) mass is 551 g/mol. The Morgan fingerprint density at radius 3 is 1.70 bits per heavy atom. The Morgan fingerprint density at radius 2 is 0.884 bits per heavy atom. The predicted molar refractivity (Wildman–Crippen MR) is 174 cm³/mol. The van der Waals surface area contributed by atoms with Gasteiger partial charge in [-0.2, -0.15) is 0 Å². The van der Waals surface area contributed by atoms with Crippen LogP contribution in [0, 0.1) is 0 Å². The second-order valence-corrected chi connectivity index (χ2v) is 10.4. The Kier molecular flexibility index (Phi) is 6.08. The van der Waals surface area contributed by atoms with Crippen molar-refractivity contribution in [3.8, 4) is 56.4 Å². The van der Waals surface area contributed by atoms with E-state index < -0.39 is 0 Å². The van der Waals surface area contributed by atoms with Crippen LogP contribution < -0.4 is 0 Å². The minimum Gasteiger partial charge on any atom is -0.455 e. The lowest BCUT2D eigenvalue weighted by Gasteiger charge is -2.12. The van der Waals surface area contributed by atoms with Gasteiger partial charge in [0, 0.05) is 21.9 Å². The molecule has 0 atom stereocenters. The fourth-order valence-electron chi connectivity index (χ4n) is 5.69. The first-order valence-corrected chi connectivity index (χ1v) is 14.3. The summed E-state index contributed by atoms with van der Waals surface area (Å²) in [6, 6.07) is 51.6. The van der Waals surface area contributed by atoms with E-state index in [1.807, 2.05) is 66.7 Å². The van der Waals surface area contributed by atoms with Crippen LogP contribution in [0.4, 0.5) is 0 Å². The molecule has 0 unspecified atom stereocenters. The first kappa shape index (κ1) is 24.9. The maximum absolute atomic E-state index is 6.40. The standard InChI is InChI=1S/C39H25N3O/c1-3-13-26(14-4-1)28-17-11-18-29(25-28)37-40-38(33-21-8-7-19-30(33)27-15-5-2-6-16-27)42-39(41-37)34-23-12-22-32-31-20-9-10-24-35(31)43-36(32)34/h1-25H. The SMILES string of the molecule is c1ccc(-c2cccc(-c3nc(-c4ccccc4-c4ccccc4)nc(-c4cccc5c4oc4ccccc45)n3)c2)cc1. The van der Waals surface area contributed by atoms with Crippen LogP contribution in [0.1, 0.15) is 0 Å². The van der Waals surface area contributed by atoms with Crippen LogP contribution in [0.25, 0.3) is 78.4 Å². The first-order chi connectivity index (χ1) is 21.3. The number of aromatic nitrogens is 3. The van der Waals surface area contributed by atoms with E-state index in [0.717, 1.165) is 60.9 Å². The van der Waals surface area contributed by atoms with Crippen molar-refractivity contribution in [2.75, 3.05) is 0 Å². The molecule has 0 fully saturated rings. The molecule has 0 bridgehead atoms. The zero-order valence-electron chi connectivity index (χ0n) is 23.2. The van der Waals surface area contributed by atoms with E-state index in [2.05, 4.69) is 84.9 Å². The van der Waals surface area contributed by atoms with Crippen LogP contribution in [0.3, 0.4) is 0 Å². The highest BCUT2D eigenvalue weighted by atomic mass is 16.3. The molecule has 2 heterocycles. The molecule has 43 heavy (non-hydrogen) atoms. The van der Waals surface area contributed by atoms with Gasteiger partial charge in [0.05, 0.1) is 5.56 Å². The van der Waals surface area contributed by atoms with Crippen LogP contribution in [0.5, 0.6) is 0 Å². The molecule has 202 valence electrons. The van der Waals surface area contributed by atoms with Crippen molar-refractivity contribution in [3.05, 3.63) is 152 Å². The highest BCUT2D eigenvalue weighted by molar-refractivity contribution is 6.09. The minimum absolute atomic E-state index is 0.567. The van der Waals surface area contributed by atoms with Crippen LogP contribution in [-0.2, 0) is 0 Å². The van der Waals surface area contributed by atoms with Crippen LogP contribution in [0.2, 0.25) is 0 Å².